The zero-order chi connectivity index (χ0) is 19.6. The molecular weight excluding hydrogens is 350 g/mol. The zero-order valence-corrected chi connectivity index (χ0v) is 16.8. The maximum atomic E-state index is 12.4. The van der Waals surface area contributed by atoms with Gasteiger partial charge in [0.15, 0.2) is 0 Å². The molecule has 1 aliphatic heterocycles. The summed E-state index contributed by atoms with van der Waals surface area (Å²) in [5.41, 5.74) is -1.36. The molecule has 1 aliphatic rings. The van der Waals surface area contributed by atoms with Crippen molar-refractivity contribution in [1.82, 2.24) is 4.90 Å². The molecule has 0 radical (unpaired) electrons. The predicted octanol–water partition coefficient (Wildman–Crippen LogP) is 1.93. The van der Waals surface area contributed by atoms with Crippen molar-refractivity contribution in [3.63, 3.8) is 0 Å². The molecule has 0 N–H and O–H groups in total. The van der Waals surface area contributed by atoms with Crippen molar-refractivity contribution in [1.29, 1.82) is 0 Å². The molecule has 1 amide bonds. The minimum absolute atomic E-state index is 0.0427. The molecular formula is C16H29NO7S. The highest BCUT2D eigenvalue weighted by molar-refractivity contribution is 7.86. The largest absolute Gasteiger partial charge is 0.463 e. The SMILES string of the molecule is CC(C)(C)OC(=O)N1C[C@@H](OS(C)(=O)=O)C[C@@H]1COC(=O)C(C)(C)C. The van der Waals surface area contributed by atoms with Crippen molar-refractivity contribution in [2.24, 2.45) is 5.41 Å². The number of nitrogens with zero attached hydrogens (tertiary/aromatic N) is 1. The normalized spacial score (nSPS) is 22.0. The van der Waals surface area contributed by atoms with Gasteiger partial charge in [-0.2, -0.15) is 8.42 Å². The monoisotopic (exact) mass is 379 g/mol. The third kappa shape index (κ3) is 7.60. The summed E-state index contributed by atoms with van der Waals surface area (Å²) in [4.78, 5) is 25.7. The van der Waals surface area contributed by atoms with E-state index in [0.29, 0.717) is 0 Å². The van der Waals surface area contributed by atoms with Gasteiger partial charge in [0.1, 0.15) is 12.2 Å². The van der Waals surface area contributed by atoms with E-state index < -0.39 is 45.3 Å². The van der Waals surface area contributed by atoms with Crippen molar-refractivity contribution < 1.29 is 31.7 Å². The van der Waals surface area contributed by atoms with Crippen LogP contribution in [0.2, 0.25) is 0 Å². The maximum Gasteiger partial charge on any atom is 0.410 e. The minimum Gasteiger partial charge on any atom is -0.463 e. The molecule has 0 spiro atoms. The lowest BCUT2D eigenvalue weighted by atomic mass is 9.97. The Labute approximate surface area is 149 Å². The molecule has 0 aliphatic carbocycles. The van der Waals surface area contributed by atoms with Gasteiger partial charge in [-0.05, 0) is 41.5 Å². The lowest BCUT2D eigenvalue weighted by Gasteiger charge is -2.28. The first-order chi connectivity index (χ1) is 11.1. The van der Waals surface area contributed by atoms with Crippen LogP contribution in [0.25, 0.3) is 0 Å². The predicted molar refractivity (Wildman–Crippen MR) is 91.5 cm³/mol. The summed E-state index contributed by atoms with van der Waals surface area (Å²) in [6, 6.07) is -0.507. The Bertz CT molecular complexity index is 601. The molecule has 1 rings (SSSR count). The Morgan fingerprint density at radius 3 is 2.12 bits per heavy atom. The number of esters is 1. The smallest absolute Gasteiger partial charge is 0.410 e. The average molecular weight is 379 g/mol. The van der Waals surface area contributed by atoms with Gasteiger partial charge in [0.05, 0.1) is 30.4 Å². The summed E-state index contributed by atoms with van der Waals surface area (Å²) in [5, 5.41) is 0. The second-order valence-electron chi connectivity index (χ2n) is 8.29. The number of amides is 1. The fourth-order valence-corrected chi connectivity index (χ4v) is 2.91. The van der Waals surface area contributed by atoms with Crippen LogP contribution in [-0.2, 0) is 28.6 Å². The van der Waals surface area contributed by atoms with Gasteiger partial charge in [0.2, 0.25) is 0 Å². The third-order valence-electron chi connectivity index (χ3n) is 3.33. The van der Waals surface area contributed by atoms with Gasteiger partial charge in [0, 0.05) is 6.42 Å². The highest BCUT2D eigenvalue weighted by Gasteiger charge is 2.40. The van der Waals surface area contributed by atoms with E-state index in [-0.39, 0.29) is 19.6 Å². The molecule has 8 nitrogen and oxygen atoms in total. The number of hydrogen-bond donors (Lipinski definition) is 0. The third-order valence-corrected chi connectivity index (χ3v) is 3.96. The van der Waals surface area contributed by atoms with Gasteiger partial charge in [-0.1, -0.05) is 0 Å². The average Bonchev–Trinajstić information content (AvgIpc) is 2.73. The van der Waals surface area contributed by atoms with Crippen molar-refractivity contribution in [2.75, 3.05) is 19.4 Å². The molecule has 2 atom stereocenters. The molecule has 1 heterocycles. The van der Waals surface area contributed by atoms with E-state index >= 15 is 0 Å². The maximum absolute atomic E-state index is 12.4. The molecule has 0 bridgehead atoms. The van der Waals surface area contributed by atoms with E-state index in [2.05, 4.69) is 0 Å². The van der Waals surface area contributed by atoms with Gasteiger partial charge in [-0.15, -0.1) is 0 Å². The Morgan fingerprint density at radius 2 is 1.68 bits per heavy atom. The molecule has 0 aromatic carbocycles. The molecule has 0 saturated carbocycles. The van der Waals surface area contributed by atoms with Crippen LogP contribution < -0.4 is 0 Å². The molecule has 0 aromatic heterocycles. The van der Waals surface area contributed by atoms with Crippen molar-refractivity contribution in [2.45, 2.75) is 65.7 Å². The summed E-state index contributed by atoms with van der Waals surface area (Å²) < 4.78 is 38.3. The summed E-state index contributed by atoms with van der Waals surface area (Å²) in [5.74, 6) is -0.399. The van der Waals surface area contributed by atoms with Crippen LogP contribution in [0.3, 0.4) is 0 Å². The van der Waals surface area contributed by atoms with Crippen molar-refractivity contribution in [3.05, 3.63) is 0 Å². The van der Waals surface area contributed by atoms with Crippen LogP contribution in [0, 0.1) is 5.41 Å². The summed E-state index contributed by atoms with van der Waals surface area (Å²) in [7, 11) is -3.66. The van der Waals surface area contributed by atoms with Gasteiger partial charge in [0.25, 0.3) is 10.1 Å². The first-order valence-corrected chi connectivity index (χ1v) is 9.95. The molecule has 25 heavy (non-hydrogen) atoms. The van der Waals surface area contributed by atoms with E-state index in [0.717, 1.165) is 6.26 Å². The van der Waals surface area contributed by atoms with Gasteiger partial charge < -0.3 is 9.47 Å². The Kier molecular flexibility index (Phi) is 6.50. The first kappa shape index (κ1) is 21.7. The number of likely N-dealkylation sites (tertiary alicyclic amines) is 1. The van der Waals surface area contributed by atoms with Gasteiger partial charge in [-0.3, -0.25) is 13.9 Å². The van der Waals surface area contributed by atoms with E-state index in [9.17, 15) is 18.0 Å². The van der Waals surface area contributed by atoms with Gasteiger partial charge >= 0.3 is 12.1 Å². The number of carbonyl (C=O) groups excluding carboxylic acids is 2. The molecule has 9 heteroatoms. The van der Waals surface area contributed by atoms with E-state index in [1.54, 1.807) is 41.5 Å². The highest BCUT2D eigenvalue weighted by atomic mass is 32.2. The Morgan fingerprint density at radius 1 is 1.12 bits per heavy atom. The van der Waals surface area contributed by atoms with E-state index in [4.69, 9.17) is 13.7 Å². The topological polar surface area (TPSA) is 99.2 Å². The zero-order valence-electron chi connectivity index (χ0n) is 16.0. The standard InChI is InChI=1S/C16H29NO7S/c1-15(2,3)13(18)22-10-11-8-12(24-25(7,20)21)9-17(11)14(19)23-16(4,5)6/h11-12H,8-10H2,1-7H3/t11-,12+/m1/s1. The number of rotatable bonds is 4. The van der Waals surface area contributed by atoms with E-state index in [1.165, 1.54) is 4.90 Å². The fourth-order valence-electron chi connectivity index (χ4n) is 2.28. The molecule has 1 saturated heterocycles. The van der Waals surface area contributed by atoms with Crippen LogP contribution in [0.4, 0.5) is 4.79 Å². The quantitative estimate of drug-likeness (QED) is 0.543. The first-order valence-electron chi connectivity index (χ1n) is 8.13. The number of carbonyl (C=O) groups is 2. The molecule has 0 aromatic rings. The van der Waals surface area contributed by atoms with E-state index in [1.807, 2.05) is 0 Å². The summed E-state index contributed by atoms with van der Waals surface area (Å²) in [6.45, 7) is 10.4. The second-order valence-corrected chi connectivity index (χ2v) is 9.89. The van der Waals surface area contributed by atoms with Crippen LogP contribution in [0.1, 0.15) is 48.0 Å². The van der Waals surface area contributed by atoms with Crippen LogP contribution in [0.15, 0.2) is 0 Å². The lowest BCUT2D eigenvalue weighted by Crippen LogP contribution is -2.42. The van der Waals surface area contributed by atoms with Crippen LogP contribution >= 0.6 is 0 Å². The molecule has 0 unspecified atom stereocenters. The van der Waals surface area contributed by atoms with Crippen LogP contribution in [-0.4, -0.2) is 62.5 Å². The Balaban J connectivity index is 2.84. The fraction of sp³-hybridized carbons (Fsp3) is 0.875. The second kappa shape index (κ2) is 7.49. The Hall–Kier alpha value is -1.35. The summed E-state index contributed by atoms with van der Waals surface area (Å²) in [6.07, 6.45) is -0.0913. The molecule has 146 valence electrons. The van der Waals surface area contributed by atoms with Crippen molar-refractivity contribution >= 4 is 22.2 Å². The van der Waals surface area contributed by atoms with Crippen molar-refractivity contribution in [3.8, 4) is 0 Å². The minimum atomic E-state index is -3.66. The lowest BCUT2D eigenvalue weighted by molar-refractivity contribution is -0.154. The van der Waals surface area contributed by atoms with Crippen LogP contribution in [0.5, 0.6) is 0 Å². The van der Waals surface area contributed by atoms with Gasteiger partial charge in [-0.25, -0.2) is 4.79 Å². The molecule has 1 fully saturated rings. The highest BCUT2D eigenvalue weighted by Crippen LogP contribution is 2.25. The summed E-state index contributed by atoms with van der Waals surface area (Å²) >= 11 is 0. The number of hydrogen-bond acceptors (Lipinski definition) is 7. The number of ether oxygens (including phenoxy) is 2.